The van der Waals surface area contributed by atoms with Crippen molar-refractivity contribution < 1.29 is 9.53 Å². The predicted octanol–water partition coefficient (Wildman–Crippen LogP) is 4.70. The standard InChI is InChI=1S/C20H23NO2S/c1-3-18-17-12-14-24-19(17)11-13-21(18)20(22)10-7-15-5-8-16(9-6-15)23-4-2/h5-10,12,14,18H,3-4,11,13H2,1-2H3. The molecule has 0 radical (unpaired) electrons. The maximum absolute atomic E-state index is 12.7. The maximum atomic E-state index is 12.7. The largest absolute Gasteiger partial charge is 0.494 e. The molecule has 1 aromatic carbocycles. The highest BCUT2D eigenvalue weighted by molar-refractivity contribution is 7.10. The average molecular weight is 341 g/mol. The van der Waals surface area contributed by atoms with Crippen LogP contribution in [-0.4, -0.2) is 24.0 Å². The molecule has 2 aromatic rings. The predicted molar refractivity (Wildman–Crippen MR) is 99.4 cm³/mol. The molecular weight excluding hydrogens is 318 g/mol. The van der Waals surface area contributed by atoms with Gasteiger partial charge in [-0.15, -0.1) is 11.3 Å². The van der Waals surface area contributed by atoms with E-state index in [0.717, 1.165) is 30.7 Å². The van der Waals surface area contributed by atoms with Crippen LogP contribution >= 0.6 is 11.3 Å². The molecular formula is C20H23NO2S. The highest BCUT2D eigenvalue weighted by Gasteiger charge is 2.29. The monoisotopic (exact) mass is 341 g/mol. The Morgan fingerprint density at radius 2 is 2.08 bits per heavy atom. The molecule has 3 rings (SSSR count). The van der Waals surface area contributed by atoms with E-state index in [9.17, 15) is 4.79 Å². The zero-order valence-electron chi connectivity index (χ0n) is 14.2. The first-order valence-electron chi connectivity index (χ1n) is 8.50. The first-order valence-corrected chi connectivity index (χ1v) is 9.38. The third-order valence-corrected chi connectivity index (χ3v) is 5.37. The van der Waals surface area contributed by atoms with Gasteiger partial charge in [-0.3, -0.25) is 4.79 Å². The van der Waals surface area contributed by atoms with Crippen LogP contribution in [0.15, 0.2) is 41.8 Å². The third-order valence-electron chi connectivity index (χ3n) is 4.37. The van der Waals surface area contributed by atoms with Crippen molar-refractivity contribution in [2.24, 2.45) is 0 Å². The molecule has 126 valence electrons. The zero-order chi connectivity index (χ0) is 16.9. The van der Waals surface area contributed by atoms with Gasteiger partial charge in [0.1, 0.15) is 5.75 Å². The molecule has 3 nitrogen and oxygen atoms in total. The first kappa shape index (κ1) is 16.8. The summed E-state index contributed by atoms with van der Waals surface area (Å²) in [6.07, 6.45) is 5.49. The van der Waals surface area contributed by atoms with Crippen LogP contribution in [0.3, 0.4) is 0 Å². The Hall–Kier alpha value is -2.07. The lowest BCUT2D eigenvalue weighted by Crippen LogP contribution is -2.38. The van der Waals surface area contributed by atoms with Crippen LogP contribution in [0, 0.1) is 0 Å². The zero-order valence-corrected chi connectivity index (χ0v) is 15.0. The second kappa shape index (κ2) is 7.67. The lowest BCUT2D eigenvalue weighted by Gasteiger charge is -2.34. The van der Waals surface area contributed by atoms with E-state index in [1.165, 1.54) is 10.4 Å². The number of ether oxygens (including phenoxy) is 1. The van der Waals surface area contributed by atoms with Crippen molar-refractivity contribution in [2.75, 3.05) is 13.2 Å². The summed E-state index contributed by atoms with van der Waals surface area (Å²) in [5.74, 6) is 0.945. The van der Waals surface area contributed by atoms with Gasteiger partial charge in [0.2, 0.25) is 5.91 Å². The molecule has 0 aliphatic carbocycles. The summed E-state index contributed by atoms with van der Waals surface area (Å²) < 4.78 is 5.44. The molecule has 1 aliphatic heterocycles. The van der Waals surface area contributed by atoms with Crippen molar-refractivity contribution >= 4 is 23.3 Å². The summed E-state index contributed by atoms with van der Waals surface area (Å²) in [6.45, 7) is 5.58. The van der Waals surface area contributed by atoms with Crippen LogP contribution in [0.2, 0.25) is 0 Å². The Morgan fingerprint density at radius 1 is 1.29 bits per heavy atom. The van der Waals surface area contributed by atoms with Gasteiger partial charge in [-0.05, 0) is 60.5 Å². The van der Waals surface area contributed by atoms with Gasteiger partial charge >= 0.3 is 0 Å². The molecule has 1 aliphatic rings. The van der Waals surface area contributed by atoms with Crippen molar-refractivity contribution in [1.82, 2.24) is 4.90 Å². The van der Waals surface area contributed by atoms with Crippen LogP contribution in [0.4, 0.5) is 0 Å². The van der Waals surface area contributed by atoms with Gasteiger partial charge in [-0.25, -0.2) is 0 Å². The molecule has 1 amide bonds. The molecule has 0 spiro atoms. The third kappa shape index (κ3) is 3.54. The summed E-state index contributed by atoms with van der Waals surface area (Å²) in [4.78, 5) is 16.1. The van der Waals surface area contributed by atoms with E-state index in [1.54, 1.807) is 17.4 Å². The number of thiophene rings is 1. The molecule has 1 atom stereocenters. The molecule has 0 saturated carbocycles. The van der Waals surface area contributed by atoms with E-state index < -0.39 is 0 Å². The topological polar surface area (TPSA) is 29.5 Å². The average Bonchev–Trinajstić information content (AvgIpc) is 3.09. The van der Waals surface area contributed by atoms with Crippen LogP contribution < -0.4 is 4.74 Å². The van der Waals surface area contributed by atoms with Crippen LogP contribution in [-0.2, 0) is 11.2 Å². The second-order valence-corrected chi connectivity index (χ2v) is 6.84. The van der Waals surface area contributed by atoms with Crippen molar-refractivity contribution in [2.45, 2.75) is 32.7 Å². The van der Waals surface area contributed by atoms with Crippen LogP contribution in [0.1, 0.15) is 42.3 Å². The summed E-state index contributed by atoms with van der Waals surface area (Å²) in [5, 5.41) is 2.14. The lowest BCUT2D eigenvalue weighted by atomic mass is 9.97. The molecule has 0 saturated heterocycles. The molecule has 2 heterocycles. The number of benzene rings is 1. The second-order valence-electron chi connectivity index (χ2n) is 5.84. The summed E-state index contributed by atoms with van der Waals surface area (Å²) in [6, 6.07) is 10.2. The fourth-order valence-electron chi connectivity index (χ4n) is 3.21. The molecule has 0 N–H and O–H groups in total. The van der Waals surface area contributed by atoms with E-state index in [4.69, 9.17) is 4.74 Å². The van der Waals surface area contributed by atoms with E-state index in [0.29, 0.717) is 6.61 Å². The summed E-state index contributed by atoms with van der Waals surface area (Å²) >= 11 is 1.81. The Kier molecular flexibility index (Phi) is 5.36. The number of carbonyl (C=O) groups excluding carboxylic acids is 1. The molecule has 1 unspecified atom stereocenters. The number of carbonyl (C=O) groups is 1. The van der Waals surface area contributed by atoms with Crippen molar-refractivity contribution in [3.05, 3.63) is 57.8 Å². The number of nitrogens with zero attached hydrogens (tertiary/aromatic N) is 1. The van der Waals surface area contributed by atoms with Gasteiger partial charge < -0.3 is 9.64 Å². The van der Waals surface area contributed by atoms with Gasteiger partial charge in [0.25, 0.3) is 0 Å². The number of fused-ring (bicyclic) bond motifs is 1. The summed E-state index contributed by atoms with van der Waals surface area (Å²) in [5.41, 5.74) is 2.34. The minimum Gasteiger partial charge on any atom is -0.494 e. The highest BCUT2D eigenvalue weighted by atomic mass is 32.1. The maximum Gasteiger partial charge on any atom is 0.247 e. The Balaban J connectivity index is 1.70. The Bertz CT molecular complexity index is 717. The minimum absolute atomic E-state index is 0.0904. The highest BCUT2D eigenvalue weighted by Crippen LogP contribution is 2.35. The number of hydrogen-bond donors (Lipinski definition) is 0. The molecule has 24 heavy (non-hydrogen) atoms. The smallest absolute Gasteiger partial charge is 0.247 e. The molecule has 4 heteroatoms. The molecule has 0 bridgehead atoms. The minimum atomic E-state index is 0.0904. The Morgan fingerprint density at radius 3 is 2.79 bits per heavy atom. The molecule has 1 aromatic heterocycles. The van der Waals surface area contributed by atoms with E-state index in [2.05, 4.69) is 18.4 Å². The van der Waals surface area contributed by atoms with Gasteiger partial charge in [-0.2, -0.15) is 0 Å². The van der Waals surface area contributed by atoms with Gasteiger partial charge in [0, 0.05) is 17.5 Å². The van der Waals surface area contributed by atoms with E-state index in [1.807, 2.05) is 42.2 Å². The summed E-state index contributed by atoms with van der Waals surface area (Å²) in [7, 11) is 0. The first-order chi connectivity index (χ1) is 11.7. The normalized spacial score (nSPS) is 17.1. The van der Waals surface area contributed by atoms with Crippen LogP contribution in [0.25, 0.3) is 6.08 Å². The quantitative estimate of drug-likeness (QED) is 0.738. The fourth-order valence-corrected chi connectivity index (χ4v) is 4.13. The number of rotatable bonds is 5. The van der Waals surface area contributed by atoms with Crippen molar-refractivity contribution in [3.63, 3.8) is 0 Å². The van der Waals surface area contributed by atoms with Crippen molar-refractivity contribution in [3.8, 4) is 5.75 Å². The fraction of sp³-hybridized carbons (Fsp3) is 0.350. The number of amides is 1. The molecule has 0 fully saturated rings. The van der Waals surface area contributed by atoms with Crippen molar-refractivity contribution in [1.29, 1.82) is 0 Å². The van der Waals surface area contributed by atoms with E-state index >= 15 is 0 Å². The SMILES string of the molecule is CCOc1ccc(C=CC(=O)N2CCc3sccc3C2CC)cc1. The van der Waals surface area contributed by atoms with Gasteiger partial charge in [0.15, 0.2) is 0 Å². The lowest BCUT2D eigenvalue weighted by molar-refractivity contribution is -0.128. The van der Waals surface area contributed by atoms with Gasteiger partial charge in [0.05, 0.1) is 12.6 Å². The van der Waals surface area contributed by atoms with Crippen LogP contribution in [0.5, 0.6) is 5.75 Å². The van der Waals surface area contributed by atoms with Gasteiger partial charge in [-0.1, -0.05) is 19.1 Å². The Labute approximate surface area is 147 Å². The number of hydrogen-bond acceptors (Lipinski definition) is 3. The van der Waals surface area contributed by atoms with E-state index in [-0.39, 0.29) is 11.9 Å².